The number of para-hydroxylation sites is 3. The second-order valence-corrected chi connectivity index (χ2v) is 8.12. The SMILES string of the molecule is CC(OC(=O)c1cc(-c2ccc(F)cc2)nc2ccccc12)C(=O)N1CC(=O)Nc2ccccc21. The largest absolute Gasteiger partial charge is 0.449 e. The van der Waals surface area contributed by atoms with Gasteiger partial charge in [0, 0.05) is 10.9 Å². The van der Waals surface area contributed by atoms with Crippen LogP contribution in [-0.4, -0.2) is 35.4 Å². The summed E-state index contributed by atoms with van der Waals surface area (Å²) in [6, 6.07) is 21.3. The summed E-state index contributed by atoms with van der Waals surface area (Å²) in [6.07, 6.45) is -1.15. The minimum absolute atomic E-state index is 0.176. The number of hydrogen-bond donors (Lipinski definition) is 1. The summed E-state index contributed by atoms with van der Waals surface area (Å²) in [4.78, 5) is 44.4. The van der Waals surface area contributed by atoms with Crippen molar-refractivity contribution in [3.8, 4) is 11.3 Å². The molecular formula is C27H20FN3O4. The van der Waals surface area contributed by atoms with Crippen molar-refractivity contribution in [3.05, 3.63) is 90.2 Å². The first kappa shape index (κ1) is 22.2. The first-order chi connectivity index (χ1) is 16.9. The van der Waals surface area contributed by atoms with Crippen LogP contribution in [0.25, 0.3) is 22.2 Å². The van der Waals surface area contributed by atoms with Crippen LogP contribution < -0.4 is 10.2 Å². The Hall–Kier alpha value is -4.59. The van der Waals surface area contributed by atoms with E-state index in [0.717, 1.165) is 0 Å². The van der Waals surface area contributed by atoms with E-state index in [1.165, 1.54) is 24.0 Å². The number of nitrogens with zero attached hydrogens (tertiary/aromatic N) is 2. The minimum atomic E-state index is -1.15. The number of anilines is 2. The third-order valence-electron chi connectivity index (χ3n) is 5.74. The van der Waals surface area contributed by atoms with E-state index in [0.29, 0.717) is 33.5 Å². The van der Waals surface area contributed by atoms with Gasteiger partial charge in [-0.15, -0.1) is 0 Å². The average molecular weight is 469 g/mol. The molecule has 8 heteroatoms. The van der Waals surface area contributed by atoms with Gasteiger partial charge in [0.05, 0.1) is 28.1 Å². The normalized spacial score (nSPS) is 13.7. The summed E-state index contributed by atoms with van der Waals surface area (Å²) in [7, 11) is 0. The Morgan fingerprint density at radius 2 is 1.74 bits per heavy atom. The van der Waals surface area contributed by atoms with Crippen LogP contribution in [0.4, 0.5) is 15.8 Å². The summed E-state index contributed by atoms with van der Waals surface area (Å²) in [6.45, 7) is 1.30. The first-order valence-corrected chi connectivity index (χ1v) is 11.0. The molecule has 1 aliphatic rings. The highest BCUT2D eigenvalue weighted by Gasteiger charge is 2.32. The van der Waals surface area contributed by atoms with Gasteiger partial charge in [0.2, 0.25) is 5.91 Å². The number of pyridine rings is 1. The van der Waals surface area contributed by atoms with Crippen molar-refractivity contribution in [1.82, 2.24) is 4.98 Å². The molecule has 3 aromatic carbocycles. The number of rotatable bonds is 4. The maximum absolute atomic E-state index is 13.4. The van der Waals surface area contributed by atoms with E-state index in [4.69, 9.17) is 4.74 Å². The van der Waals surface area contributed by atoms with Crippen LogP contribution in [0.3, 0.4) is 0 Å². The topological polar surface area (TPSA) is 88.6 Å². The zero-order chi connectivity index (χ0) is 24.5. The molecule has 35 heavy (non-hydrogen) atoms. The van der Waals surface area contributed by atoms with Gasteiger partial charge < -0.3 is 10.1 Å². The van der Waals surface area contributed by atoms with Crippen molar-refractivity contribution >= 4 is 40.1 Å². The molecule has 7 nitrogen and oxygen atoms in total. The first-order valence-electron chi connectivity index (χ1n) is 11.0. The van der Waals surface area contributed by atoms with Gasteiger partial charge in [0.15, 0.2) is 6.10 Å². The Morgan fingerprint density at radius 1 is 1.03 bits per heavy atom. The van der Waals surface area contributed by atoms with Crippen molar-refractivity contribution in [1.29, 1.82) is 0 Å². The lowest BCUT2D eigenvalue weighted by Crippen LogP contribution is -2.47. The van der Waals surface area contributed by atoms with Gasteiger partial charge >= 0.3 is 5.97 Å². The highest BCUT2D eigenvalue weighted by molar-refractivity contribution is 6.12. The van der Waals surface area contributed by atoms with Gasteiger partial charge in [0.1, 0.15) is 12.4 Å². The molecule has 0 saturated heterocycles. The molecule has 1 aromatic heterocycles. The van der Waals surface area contributed by atoms with E-state index in [-0.39, 0.29) is 23.8 Å². The molecular weight excluding hydrogens is 449 g/mol. The summed E-state index contributed by atoms with van der Waals surface area (Å²) in [5.74, 6) is -1.94. The molecule has 1 aliphatic heterocycles. The smallest absolute Gasteiger partial charge is 0.339 e. The Labute approximate surface area is 200 Å². The van der Waals surface area contributed by atoms with E-state index in [2.05, 4.69) is 10.3 Å². The molecule has 1 N–H and O–H groups in total. The van der Waals surface area contributed by atoms with Crippen LogP contribution in [0.1, 0.15) is 17.3 Å². The molecule has 0 radical (unpaired) electrons. The predicted molar refractivity (Wildman–Crippen MR) is 129 cm³/mol. The Balaban J connectivity index is 1.45. The van der Waals surface area contributed by atoms with Crippen molar-refractivity contribution < 1.29 is 23.5 Å². The number of nitrogens with one attached hydrogen (secondary N) is 1. The van der Waals surface area contributed by atoms with Crippen LogP contribution in [0.15, 0.2) is 78.9 Å². The van der Waals surface area contributed by atoms with Crippen LogP contribution in [0.2, 0.25) is 0 Å². The van der Waals surface area contributed by atoms with Crippen LogP contribution in [0, 0.1) is 5.82 Å². The van der Waals surface area contributed by atoms with Gasteiger partial charge in [-0.3, -0.25) is 14.5 Å². The summed E-state index contributed by atoms with van der Waals surface area (Å²) >= 11 is 0. The van der Waals surface area contributed by atoms with E-state index in [1.807, 2.05) is 0 Å². The zero-order valence-electron chi connectivity index (χ0n) is 18.7. The van der Waals surface area contributed by atoms with Crippen molar-refractivity contribution in [2.75, 3.05) is 16.8 Å². The third-order valence-corrected chi connectivity index (χ3v) is 5.74. The number of halogens is 1. The van der Waals surface area contributed by atoms with Gasteiger partial charge in [-0.2, -0.15) is 0 Å². The molecule has 2 amide bonds. The monoisotopic (exact) mass is 469 g/mol. The van der Waals surface area contributed by atoms with Crippen LogP contribution in [-0.2, 0) is 14.3 Å². The second kappa shape index (κ2) is 8.98. The molecule has 0 aliphatic carbocycles. The van der Waals surface area contributed by atoms with Crippen molar-refractivity contribution in [2.24, 2.45) is 0 Å². The van der Waals surface area contributed by atoms with E-state index >= 15 is 0 Å². The number of carbonyl (C=O) groups excluding carboxylic acids is 3. The summed E-state index contributed by atoms with van der Waals surface area (Å²) in [5, 5.41) is 3.29. The summed E-state index contributed by atoms with van der Waals surface area (Å²) < 4.78 is 19.0. The minimum Gasteiger partial charge on any atom is -0.449 e. The van der Waals surface area contributed by atoms with Gasteiger partial charge in [0.25, 0.3) is 5.91 Å². The third kappa shape index (κ3) is 4.33. The molecule has 2 heterocycles. The molecule has 5 rings (SSSR count). The number of benzene rings is 3. The zero-order valence-corrected chi connectivity index (χ0v) is 18.7. The predicted octanol–water partition coefficient (Wildman–Crippen LogP) is 4.57. The van der Waals surface area contributed by atoms with Crippen LogP contribution in [0.5, 0.6) is 0 Å². The van der Waals surface area contributed by atoms with Gasteiger partial charge in [-0.1, -0.05) is 30.3 Å². The standard InChI is InChI=1S/C27H20FN3O4/c1-16(26(33)31-15-25(32)30-22-8-4-5-9-24(22)31)35-27(34)20-14-23(17-10-12-18(28)13-11-17)29-21-7-3-2-6-19(20)21/h2-14,16H,15H2,1H3,(H,30,32). The number of carbonyl (C=O) groups is 3. The lowest BCUT2D eigenvalue weighted by atomic mass is 10.0. The van der Waals surface area contributed by atoms with E-state index in [9.17, 15) is 18.8 Å². The second-order valence-electron chi connectivity index (χ2n) is 8.12. The number of ether oxygens (including phenoxy) is 1. The molecule has 4 aromatic rings. The number of fused-ring (bicyclic) bond motifs is 2. The van der Waals surface area contributed by atoms with Crippen LogP contribution >= 0.6 is 0 Å². The quantitative estimate of drug-likeness (QED) is 0.443. The maximum Gasteiger partial charge on any atom is 0.339 e. The molecule has 174 valence electrons. The molecule has 1 atom stereocenters. The Bertz CT molecular complexity index is 1470. The van der Waals surface area contributed by atoms with E-state index < -0.39 is 18.0 Å². The maximum atomic E-state index is 13.4. The fraction of sp³-hybridized carbons (Fsp3) is 0.111. The lowest BCUT2D eigenvalue weighted by Gasteiger charge is -2.30. The highest BCUT2D eigenvalue weighted by atomic mass is 19.1. The Morgan fingerprint density at radius 3 is 2.54 bits per heavy atom. The molecule has 1 unspecified atom stereocenters. The van der Waals surface area contributed by atoms with Gasteiger partial charge in [-0.05, 0) is 55.5 Å². The molecule has 0 spiro atoms. The number of aromatic nitrogens is 1. The lowest BCUT2D eigenvalue weighted by molar-refractivity contribution is -0.128. The fourth-order valence-corrected chi connectivity index (χ4v) is 4.04. The molecule has 0 bridgehead atoms. The Kier molecular flexibility index (Phi) is 5.70. The number of amides is 2. The van der Waals surface area contributed by atoms with E-state index in [1.54, 1.807) is 66.7 Å². The van der Waals surface area contributed by atoms with Crippen molar-refractivity contribution in [2.45, 2.75) is 13.0 Å². The van der Waals surface area contributed by atoms with Gasteiger partial charge in [-0.25, -0.2) is 14.2 Å². The summed E-state index contributed by atoms with van der Waals surface area (Å²) in [5.41, 5.74) is 2.93. The molecule has 0 fully saturated rings. The fourth-order valence-electron chi connectivity index (χ4n) is 4.04. The number of hydrogen-bond acceptors (Lipinski definition) is 5. The highest BCUT2D eigenvalue weighted by Crippen LogP contribution is 2.30. The molecule has 0 saturated carbocycles. The average Bonchev–Trinajstić information content (AvgIpc) is 2.87. The van der Waals surface area contributed by atoms with Crippen molar-refractivity contribution in [3.63, 3.8) is 0 Å². The number of esters is 1.